The van der Waals surface area contributed by atoms with E-state index >= 15 is 0 Å². The molecule has 0 saturated carbocycles. The molecule has 1 aromatic rings. The van der Waals surface area contributed by atoms with Gasteiger partial charge in [0.2, 0.25) is 5.91 Å². The lowest BCUT2D eigenvalue weighted by atomic mass is 10.2. The highest BCUT2D eigenvalue weighted by atomic mass is 79.9. The summed E-state index contributed by atoms with van der Waals surface area (Å²) >= 11 is 3.39. The number of carbonyl (C=O) groups is 1. The van der Waals surface area contributed by atoms with Gasteiger partial charge in [-0.2, -0.15) is 0 Å². The van der Waals surface area contributed by atoms with Crippen LogP contribution in [0.1, 0.15) is 19.3 Å². The first-order valence-corrected chi connectivity index (χ1v) is 5.62. The summed E-state index contributed by atoms with van der Waals surface area (Å²) in [5.74, 6) is 0.589. The molecule has 1 amide bonds. The number of nitrogens with zero attached hydrogens (tertiary/aromatic N) is 1. The number of halogens is 1. The molecule has 1 aromatic heterocycles. The number of rotatable bonds is 6. The van der Waals surface area contributed by atoms with Gasteiger partial charge in [-0.3, -0.25) is 4.79 Å². The summed E-state index contributed by atoms with van der Waals surface area (Å²) in [6, 6.07) is 3.79. The van der Waals surface area contributed by atoms with Gasteiger partial charge in [-0.15, -0.1) is 0 Å². The van der Waals surface area contributed by atoms with Gasteiger partial charge in [-0.05, 0) is 40.9 Å². The molecule has 0 saturated heterocycles. The fourth-order valence-corrected chi connectivity index (χ4v) is 1.54. The molecule has 4 nitrogen and oxygen atoms in total. The molecule has 0 aromatic carbocycles. The van der Waals surface area contributed by atoms with E-state index in [0.717, 1.165) is 29.7 Å². The number of aromatic nitrogens is 1. The number of amides is 1. The molecule has 82 valence electrons. The first-order valence-electron chi connectivity index (χ1n) is 4.83. The zero-order valence-corrected chi connectivity index (χ0v) is 9.96. The Hall–Kier alpha value is -1.10. The van der Waals surface area contributed by atoms with Crippen molar-refractivity contribution < 1.29 is 4.79 Å². The van der Waals surface area contributed by atoms with Gasteiger partial charge in [0.1, 0.15) is 5.82 Å². The maximum Gasteiger partial charge on any atom is 0.217 e. The van der Waals surface area contributed by atoms with Crippen molar-refractivity contribution in [3.63, 3.8) is 0 Å². The molecule has 0 unspecified atom stereocenters. The quantitative estimate of drug-likeness (QED) is 0.777. The predicted molar refractivity (Wildman–Crippen MR) is 63.5 cm³/mol. The lowest BCUT2D eigenvalue weighted by molar-refractivity contribution is -0.118. The molecule has 1 rings (SSSR count). The van der Waals surface area contributed by atoms with E-state index in [1.807, 2.05) is 12.1 Å². The van der Waals surface area contributed by atoms with Gasteiger partial charge in [-0.1, -0.05) is 0 Å². The van der Waals surface area contributed by atoms with Crippen LogP contribution in [0.3, 0.4) is 0 Å². The monoisotopic (exact) mass is 271 g/mol. The third kappa shape index (κ3) is 4.78. The van der Waals surface area contributed by atoms with Crippen molar-refractivity contribution in [3.8, 4) is 0 Å². The molecule has 0 aliphatic rings. The van der Waals surface area contributed by atoms with Crippen LogP contribution in [-0.4, -0.2) is 17.4 Å². The van der Waals surface area contributed by atoms with Crippen molar-refractivity contribution in [3.05, 3.63) is 22.8 Å². The van der Waals surface area contributed by atoms with Crippen LogP contribution < -0.4 is 11.1 Å². The van der Waals surface area contributed by atoms with Crippen LogP contribution in [0.4, 0.5) is 5.82 Å². The smallest absolute Gasteiger partial charge is 0.217 e. The summed E-state index contributed by atoms with van der Waals surface area (Å²) in [4.78, 5) is 14.6. The zero-order chi connectivity index (χ0) is 11.1. The average Bonchev–Trinajstić information content (AvgIpc) is 2.20. The summed E-state index contributed by atoms with van der Waals surface area (Å²) in [7, 11) is 0. The highest BCUT2D eigenvalue weighted by Crippen LogP contribution is 2.17. The molecule has 0 atom stereocenters. The van der Waals surface area contributed by atoms with Crippen LogP contribution in [0.25, 0.3) is 0 Å². The van der Waals surface area contributed by atoms with Crippen molar-refractivity contribution in [1.82, 2.24) is 4.98 Å². The molecule has 1 heterocycles. The van der Waals surface area contributed by atoms with Crippen molar-refractivity contribution in [2.45, 2.75) is 19.3 Å². The maximum absolute atomic E-state index is 10.5. The Bertz CT molecular complexity index is 330. The number of nitrogens with two attached hydrogens (primary N) is 1. The largest absolute Gasteiger partial charge is 0.370 e. The van der Waals surface area contributed by atoms with Crippen LogP contribution in [0.15, 0.2) is 22.8 Å². The molecule has 15 heavy (non-hydrogen) atoms. The van der Waals surface area contributed by atoms with Gasteiger partial charge in [0.25, 0.3) is 0 Å². The second-order valence-electron chi connectivity index (χ2n) is 3.18. The topological polar surface area (TPSA) is 68.0 Å². The number of primary amides is 1. The van der Waals surface area contributed by atoms with Gasteiger partial charge in [0.05, 0.1) is 4.47 Å². The predicted octanol–water partition coefficient (Wildman–Crippen LogP) is 1.91. The average molecular weight is 272 g/mol. The fraction of sp³-hybridized carbons (Fsp3) is 0.400. The lowest BCUT2D eigenvalue weighted by Gasteiger charge is -2.06. The maximum atomic E-state index is 10.5. The van der Waals surface area contributed by atoms with Crippen LogP contribution in [0.5, 0.6) is 0 Å². The van der Waals surface area contributed by atoms with E-state index in [1.165, 1.54) is 0 Å². The SMILES string of the molecule is NC(=O)CCCCNc1ncccc1Br. The van der Waals surface area contributed by atoms with Crippen molar-refractivity contribution in [2.75, 3.05) is 11.9 Å². The molecule has 0 radical (unpaired) electrons. The summed E-state index contributed by atoms with van der Waals surface area (Å²) < 4.78 is 0.944. The molecule has 5 heteroatoms. The Balaban J connectivity index is 2.21. The molecule has 3 N–H and O–H groups in total. The molecule has 0 bridgehead atoms. The highest BCUT2D eigenvalue weighted by Gasteiger charge is 1.98. The molecular weight excluding hydrogens is 258 g/mol. The molecule has 0 spiro atoms. The minimum absolute atomic E-state index is 0.242. The number of hydrogen-bond donors (Lipinski definition) is 2. The second-order valence-corrected chi connectivity index (χ2v) is 4.04. The van der Waals surface area contributed by atoms with E-state index in [9.17, 15) is 4.79 Å². The van der Waals surface area contributed by atoms with Crippen molar-refractivity contribution >= 4 is 27.7 Å². The summed E-state index contributed by atoms with van der Waals surface area (Å²) in [5, 5.41) is 3.18. The van der Waals surface area contributed by atoms with Crippen LogP contribution in [0.2, 0.25) is 0 Å². The van der Waals surface area contributed by atoms with E-state index in [2.05, 4.69) is 26.2 Å². The molecule has 0 fully saturated rings. The third-order valence-corrected chi connectivity index (χ3v) is 2.54. The number of anilines is 1. The van der Waals surface area contributed by atoms with E-state index in [0.29, 0.717) is 6.42 Å². The summed E-state index contributed by atoms with van der Waals surface area (Å²) in [6.07, 6.45) is 3.90. The Kier molecular flexibility index (Phi) is 5.10. The highest BCUT2D eigenvalue weighted by molar-refractivity contribution is 9.10. The number of nitrogens with one attached hydrogen (secondary N) is 1. The standard InChI is InChI=1S/C10H14BrN3O/c11-8-4-3-7-14-10(8)13-6-2-1-5-9(12)15/h3-4,7H,1-2,5-6H2,(H2,12,15)(H,13,14). The fourth-order valence-electron chi connectivity index (χ4n) is 1.15. The van der Waals surface area contributed by atoms with Crippen molar-refractivity contribution in [2.24, 2.45) is 5.73 Å². The Morgan fingerprint density at radius 2 is 2.33 bits per heavy atom. The minimum Gasteiger partial charge on any atom is -0.370 e. The summed E-state index contributed by atoms with van der Waals surface area (Å²) in [5.41, 5.74) is 5.03. The first kappa shape index (κ1) is 12.0. The van der Waals surface area contributed by atoms with E-state index in [-0.39, 0.29) is 5.91 Å². The number of carbonyl (C=O) groups excluding carboxylic acids is 1. The normalized spacial score (nSPS) is 9.93. The van der Waals surface area contributed by atoms with Crippen LogP contribution in [-0.2, 0) is 4.79 Å². The second kappa shape index (κ2) is 6.40. The number of hydrogen-bond acceptors (Lipinski definition) is 3. The Labute approximate surface area is 97.4 Å². The van der Waals surface area contributed by atoms with Gasteiger partial charge in [0, 0.05) is 19.2 Å². The van der Waals surface area contributed by atoms with Crippen LogP contribution >= 0.6 is 15.9 Å². The first-order chi connectivity index (χ1) is 7.20. The number of pyridine rings is 1. The lowest BCUT2D eigenvalue weighted by Crippen LogP contribution is -2.11. The van der Waals surface area contributed by atoms with Crippen molar-refractivity contribution in [1.29, 1.82) is 0 Å². The zero-order valence-electron chi connectivity index (χ0n) is 8.37. The van der Waals surface area contributed by atoms with Gasteiger partial charge < -0.3 is 11.1 Å². The Morgan fingerprint density at radius 3 is 3.00 bits per heavy atom. The van der Waals surface area contributed by atoms with Gasteiger partial charge in [0.15, 0.2) is 0 Å². The molecule has 0 aliphatic carbocycles. The molecule has 0 aliphatic heterocycles. The van der Waals surface area contributed by atoms with E-state index in [4.69, 9.17) is 5.73 Å². The van der Waals surface area contributed by atoms with Gasteiger partial charge >= 0.3 is 0 Å². The van der Waals surface area contributed by atoms with Gasteiger partial charge in [-0.25, -0.2) is 4.98 Å². The minimum atomic E-state index is -0.242. The third-order valence-electron chi connectivity index (χ3n) is 1.90. The summed E-state index contributed by atoms with van der Waals surface area (Å²) in [6.45, 7) is 0.795. The Morgan fingerprint density at radius 1 is 1.53 bits per heavy atom. The van der Waals surface area contributed by atoms with E-state index < -0.39 is 0 Å². The molecular formula is C10H14BrN3O. The number of unbranched alkanes of at least 4 members (excludes halogenated alkanes) is 1. The van der Waals surface area contributed by atoms with Crippen LogP contribution in [0, 0.1) is 0 Å². The van der Waals surface area contributed by atoms with E-state index in [1.54, 1.807) is 6.20 Å².